The van der Waals surface area contributed by atoms with Gasteiger partial charge in [-0.1, -0.05) is 0 Å². The molecule has 0 spiro atoms. The van der Waals surface area contributed by atoms with Gasteiger partial charge in [-0.3, -0.25) is 4.74 Å². The van der Waals surface area contributed by atoms with Gasteiger partial charge < -0.3 is 0 Å². The first-order valence-electron chi connectivity index (χ1n) is 4.68. The topological polar surface area (TPSA) is 9.23 Å². The van der Waals surface area contributed by atoms with Crippen LogP contribution in [0.1, 0.15) is 0 Å². The molecule has 0 aliphatic heterocycles. The molecule has 0 heterocycles. The molecule has 0 saturated carbocycles. The lowest BCUT2D eigenvalue weighted by Crippen LogP contribution is -2.75. The van der Waals surface area contributed by atoms with Crippen molar-refractivity contribution in [2.24, 2.45) is 0 Å². The fraction of sp³-hybridized carbons (Fsp3) is 1.00. The fourth-order valence-corrected chi connectivity index (χ4v) is 1.23. The summed E-state index contributed by atoms with van der Waals surface area (Å²) in [5, 5.41) is 0. The Hall–Kier alpha value is -0.610. The smallest absolute Gasteiger partial charge is 0.284 e. The standard InChI is InChI=1S/C7BrF15O/c8-3(11,12)7(22,23)24-1(4(13,14)15,5(16,17)18)2(9,10)6(19,20)21. The maximum absolute atomic E-state index is 12.9. The summed E-state index contributed by atoms with van der Waals surface area (Å²) in [6.45, 7) is 0. The minimum Gasteiger partial charge on any atom is -0.284 e. The van der Waals surface area contributed by atoms with Crippen LogP contribution < -0.4 is 0 Å². The lowest BCUT2D eigenvalue weighted by atomic mass is 9.92. The number of alkyl halides is 16. The second kappa shape index (κ2) is 5.70. The molecule has 0 unspecified atom stereocenters. The van der Waals surface area contributed by atoms with Gasteiger partial charge in [0.1, 0.15) is 0 Å². The molecule has 0 aromatic carbocycles. The predicted octanol–water partition coefficient (Wildman–Crippen LogP) is 5.64. The van der Waals surface area contributed by atoms with Gasteiger partial charge in [0.25, 0.3) is 0 Å². The molecule has 0 saturated heterocycles. The summed E-state index contributed by atoms with van der Waals surface area (Å²) in [5.74, 6) is -8.11. The highest BCUT2D eigenvalue weighted by atomic mass is 79.9. The number of rotatable bonds is 4. The normalized spacial score (nSPS) is 16.5. The van der Waals surface area contributed by atoms with E-state index in [0.29, 0.717) is 15.9 Å². The Kier molecular flexibility index (Phi) is 5.56. The third-order valence-electron chi connectivity index (χ3n) is 2.21. The number of ether oxygens (including phenoxy) is 1. The molecule has 0 atom stereocenters. The van der Waals surface area contributed by atoms with Gasteiger partial charge in [-0.05, 0) is 0 Å². The van der Waals surface area contributed by atoms with Crippen LogP contribution >= 0.6 is 15.9 Å². The average molecular weight is 465 g/mol. The Labute approximate surface area is 128 Å². The molecule has 0 aromatic rings. The van der Waals surface area contributed by atoms with E-state index in [1.54, 1.807) is 0 Å². The van der Waals surface area contributed by atoms with E-state index in [1.807, 2.05) is 0 Å². The van der Waals surface area contributed by atoms with E-state index in [2.05, 4.69) is 0 Å². The van der Waals surface area contributed by atoms with E-state index in [9.17, 15) is 65.9 Å². The van der Waals surface area contributed by atoms with E-state index in [1.165, 1.54) is 4.74 Å². The quantitative estimate of drug-likeness (QED) is 0.386. The first kappa shape index (κ1) is 23.4. The summed E-state index contributed by atoms with van der Waals surface area (Å²) < 4.78 is 187. The van der Waals surface area contributed by atoms with Gasteiger partial charge in [-0.2, -0.15) is 65.9 Å². The van der Waals surface area contributed by atoms with Gasteiger partial charge in [-0.25, -0.2) is 0 Å². The fourth-order valence-electron chi connectivity index (χ4n) is 1.15. The summed E-state index contributed by atoms with van der Waals surface area (Å²) in [6.07, 6.45) is -30.7. The molecule has 0 N–H and O–H groups in total. The average Bonchev–Trinajstić information content (AvgIpc) is 2.18. The zero-order valence-electron chi connectivity index (χ0n) is 9.96. The molecular weight excluding hydrogens is 465 g/mol. The number of hydrogen-bond acceptors (Lipinski definition) is 1. The third kappa shape index (κ3) is 3.50. The summed E-state index contributed by atoms with van der Waals surface area (Å²) in [7, 11) is 0. The van der Waals surface area contributed by atoms with Gasteiger partial charge in [0.15, 0.2) is 0 Å². The van der Waals surface area contributed by atoms with Crippen molar-refractivity contribution < 1.29 is 70.6 Å². The summed E-state index contributed by atoms with van der Waals surface area (Å²) >= 11 is 0.534. The van der Waals surface area contributed by atoms with E-state index >= 15 is 0 Å². The van der Waals surface area contributed by atoms with Gasteiger partial charge >= 0.3 is 41.0 Å². The number of hydrogen-bond donors (Lipinski definition) is 0. The third-order valence-corrected chi connectivity index (χ3v) is 2.67. The van der Waals surface area contributed by atoms with Crippen molar-refractivity contribution in [1.82, 2.24) is 0 Å². The van der Waals surface area contributed by atoms with Crippen LogP contribution in [0, 0.1) is 0 Å². The molecule has 0 aromatic heterocycles. The largest absolute Gasteiger partial charge is 0.457 e. The highest BCUT2D eigenvalue weighted by Gasteiger charge is 2.93. The molecule has 0 amide bonds. The molecule has 0 aliphatic carbocycles. The van der Waals surface area contributed by atoms with Crippen LogP contribution in [0.25, 0.3) is 0 Å². The Morgan fingerprint density at radius 1 is 0.500 bits per heavy atom. The SMILES string of the molecule is FC(F)(F)C(F)(F)C(OC(F)(F)C(F)(F)Br)(C(F)(F)F)C(F)(F)F. The van der Waals surface area contributed by atoms with Crippen LogP contribution in [0.2, 0.25) is 0 Å². The van der Waals surface area contributed by atoms with Crippen LogP contribution in [0.15, 0.2) is 0 Å². The monoisotopic (exact) mass is 464 g/mol. The van der Waals surface area contributed by atoms with Crippen LogP contribution in [0.3, 0.4) is 0 Å². The highest BCUT2D eigenvalue weighted by molar-refractivity contribution is 9.10. The maximum atomic E-state index is 12.9. The lowest BCUT2D eigenvalue weighted by molar-refractivity contribution is -0.518. The zero-order chi connectivity index (χ0) is 20.2. The van der Waals surface area contributed by atoms with Crippen LogP contribution in [0.4, 0.5) is 65.9 Å². The Morgan fingerprint density at radius 2 is 0.792 bits per heavy atom. The van der Waals surface area contributed by atoms with Crippen molar-refractivity contribution in [2.75, 3.05) is 0 Å². The molecular formula is C7BrF15O. The molecule has 0 radical (unpaired) electrons. The molecule has 0 bridgehead atoms. The van der Waals surface area contributed by atoms with Crippen molar-refractivity contribution in [3.05, 3.63) is 0 Å². The van der Waals surface area contributed by atoms with E-state index in [-0.39, 0.29) is 0 Å². The molecule has 24 heavy (non-hydrogen) atoms. The van der Waals surface area contributed by atoms with Crippen LogP contribution in [-0.4, -0.2) is 41.0 Å². The van der Waals surface area contributed by atoms with Crippen LogP contribution in [-0.2, 0) is 4.74 Å². The molecule has 0 aliphatic rings. The van der Waals surface area contributed by atoms with Gasteiger partial charge in [0.2, 0.25) is 0 Å². The Balaban J connectivity index is 6.86. The molecule has 17 heteroatoms. The predicted molar refractivity (Wildman–Crippen MR) is 45.7 cm³/mol. The second-order valence-corrected chi connectivity index (χ2v) is 4.86. The molecule has 1 nitrogen and oxygen atoms in total. The van der Waals surface area contributed by atoms with Crippen molar-refractivity contribution >= 4 is 15.9 Å². The summed E-state index contributed by atoms with van der Waals surface area (Å²) in [4.78, 5) is -6.16. The Bertz CT molecular complexity index is 436. The highest BCUT2D eigenvalue weighted by Crippen LogP contribution is 2.61. The maximum Gasteiger partial charge on any atom is 0.457 e. The van der Waals surface area contributed by atoms with Gasteiger partial charge in [0, 0.05) is 15.9 Å². The first-order chi connectivity index (χ1) is 9.96. The second-order valence-electron chi connectivity index (χ2n) is 3.87. The van der Waals surface area contributed by atoms with E-state index in [4.69, 9.17) is 0 Å². The molecule has 0 fully saturated rings. The van der Waals surface area contributed by atoms with E-state index < -0.39 is 41.0 Å². The van der Waals surface area contributed by atoms with Crippen molar-refractivity contribution in [3.8, 4) is 0 Å². The zero-order valence-corrected chi connectivity index (χ0v) is 11.5. The first-order valence-corrected chi connectivity index (χ1v) is 5.47. The van der Waals surface area contributed by atoms with Crippen molar-refractivity contribution in [3.63, 3.8) is 0 Å². The summed E-state index contributed by atoms with van der Waals surface area (Å²) in [6, 6.07) is 0. The van der Waals surface area contributed by atoms with Gasteiger partial charge in [-0.15, -0.1) is 0 Å². The van der Waals surface area contributed by atoms with Crippen molar-refractivity contribution in [2.45, 2.75) is 41.0 Å². The number of halogens is 16. The minimum atomic E-state index is -8.11. The Morgan fingerprint density at radius 3 is 0.958 bits per heavy atom. The van der Waals surface area contributed by atoms with E-state index in [0.717, 1.165) is 0 Å². The van der Waals surface area contributed by atoms with Crippen LogP contribution in [0.5, 0.6) is 0 Å². The van der Waals surface area contributed by atoms with Gasteiger partial charge in [0.05, 0.1) is 0 Å². The van der Waals surface area contributed by atoms with Crippen molar-refractivity contribution in [1.29, 1.82) is 0 Å². The molecule has 146 valence electrons. The summed E-state index contributed by atoms with van der Waals surface area (Å²) in [5.41, 5.74) is -8.02. The lowest BCUT2D eigenvalue weighted by Gasteiger charge is -2.44. The minimum absolute atomic E-state index is 0.534. The molecule has 0 rings (SSSR count).